The van der Waals surface area contributed by atoms with E-state index >= 15 is 0 Å². The lowest BCUT2D eigenvalue weighted by Gasteiger charge is -2.11. The SMILES string of the molecule is c1ccc(-c2cc(-c3ccc(-c4ccc5ccccc5c4)cc3)nc(-c3cccc4oc5c6ccccc6ccc5c34)n2)cc1. The monoisotopic (exact) mass is 574 g/mol. The van der Waals surface area contributed by atoms with Crippen molar-refractivity contribution in [3.63, 3.8) is 0 Å². The molecule has 7 aromatic carbocycles. The number of nitrogens with zero attached hydrogens (tertiary/aromatic N) is 2. The van der Waals surface area contributed by atoms with Crippen LogP contribution in [0.2, 0.25) is 0 Å². The number of aromatic nitrogens is 2. The second-order valence-corrected chi connectivity index (χ2v) is 11.4. The third-order valence-corrected chi connectivity index (χ3v) is 8.69. The molecule has 0 unspecified atom stereocenters. The van der Waals surface area contributed by atoms with Crippen LogP contribution < -0.4 is 0 Å². The number of hydrogen-bond donors (Lipinski definition) is 0. The third kappa shape index (κ3) is 4.37. The summed E-state index contributed by atoms with van der Waals surface area (Å²) in [5.74, 6) is 0.673. The second-order valence-electron chi connectivity index (χ2n) is 11.4. The van der Waals surface area contributed by atoms with Gasteiger partial charge in [0.05, 0.1) is 11.4 Å². The molecule has 3 nitrogen and oxygen atoms in total. The molecule has 0 saturated carbocycles. The summed E-state index contributed by atoms with van der Waals surface area (Å²) in [7, 11) is 0. The van der Waals surface area contributed by atoms with Crippen LogP contribution in [0.15, 0.2) is 162 Å². The number of furan rings is 1. The first kappa shape index (κ1) is 25.4. The molecule has 210 valence electrons. The van der Waals surface area contributed by atoms with Gasteiger partial charge in [0, 0.05) is 32.8 Å². The zero-order chi connectivity index (χ0) is 29.7. The van der Waals surface area contributed by atoms with Crippen molar-refractivity contribution in [3.05, 3.63) is 158 Å². The minimum absolute atomic E-state index is 0.673. The van der Waals surface area contributed by atoms with Crippen LogP contribution >= 0.6 is 0 Å². The molecule has 0 atom stereocenters. The molecule has 0 aliphatic rings. The van der Waals surface area contributed by atoms with Crippen LogP contribution in [0.25, 0.3) is 88.5 Å². The smallest absolute Gasteiger partial charge is 0.161 e. The van der Waals surface area contributed by atoms with E-state index in [-0.39, 0.29) is 0 Å². The fourth-order valence-corrected chi connectivity index (χ4v) is 6.41. The Kier molecular flexibility index (Phi) is 5.82. The minimum atomic E-state index is 0.673. The topological polar surface area (TPSA) is 38.9 Å². The highest BCUT2D eigenvalue weighted by Gasteiger charge is 2.18. The van der Waals surface area contributed by atoms with Crippen molar-refractivity contribution in [3.8, 4) is 45.0 Å². The highest BCUT2D eigenvalue weighted by molar-refractivity contribution is 6.18. The van der Waals surface area contributed by atoms with E-state index in [0.29, 0.717) is 5.82 Å². The lowest BCUT2D eigenvalue weighted by molar-refractivity contribution is 0.672. The standard InChI is InChI=1S/C42H26N2O/c1-2-11-30(12-3-1)37-26-38(31-20-17-28(18-21-31)33-22-19-27-9-4-5-13-32(27)25-33)44-42(43-37)36-15-8-16-39-40(36)35-24-23-29-10-6-7-14-34(29)41(35)45-39/h1-26H. The molecule has 0 radical (unpaired) electrons. The van der Waals surface area contributed by atoms with Gasteiger partial charge < -0.3 is 4.42 Å². The second kappa shape index (κ2) is 10.3. The predicted molar refractivity (Wildman–Crippen MR) is 186 cm³/mol. The minimum Gasteiger partial charge on any atom is -0.455 e. The summed E-state index contributed by atoms with van der Waals surface area (Å²) in [6.45, 7) is 0. The molecule has 3 heteroatoms. The summed E-state index contributed by atoms with van der Waals surface area (Å²) < 4.78 is 6.48. The molecule has 0 N–H and O–H groups in total. The van der Waals surface area contributed by atoms with Gasteiger partial charge in [0.15, 0.2) is 5.82 Å². The van der Waals surface area contributed by atoms with Gasteiger partial charge in [0.1, 0.15) is 11.2 Å². The van der Waals surface area contributed by atoms with E-state index in [1.165, 1.54) is 21.9 Å². The molecule has 0 spiro atoms. The maximum absolute atomic E-state index is 6.48. The van der Waals surface area contributed by atoms with Crippen LogP contribution in [0, 0.1) is 0 Å². The summed E-state index contributed by atoms with van der Waals surface area (Å²) in [6.07, 6.45) is 0. The molecule has 0 fully saturated rings. The molecular formula is C42H26N2O. The van der Waals surface area contributed by atoms with E-state index < -0.39 is 0 Å². The average Bonchev–Trinajstić information content (AvgIpc) is 3.51. The summed E-state index contributed by atoms with van der Waals surface area (Å²) in [5, 5.41) is 6.83. The summed E-state index contributed by atoms with van der Waals surface area (Å²) in [5.41, 5.74) is 8.87. The first-order chi connectivity index (χ1) is 22.3. The van der Waals surface area contributed by atoms with E-state index in [1.807, 2.05) is 30.3 Å². The van der Waals surface area contributed by atoms with Crippen molar-refractivity contribution in [2.75, 3.05) is 0 Å². The third-order valence-electron chi connectivity index (χ3n) is 8.69. The van der Waals surface area contributed by atoms with Gasteiger partial charge in [-0.05, 0) is 51.6 Å². The lowest BCUT2D eigenvalue weighted by atomic mass is 9.99. The average molecular weight is 575 g/mol. The maximum atomic E-state index is 6.48. The van der Waals surface area contributed by atoms with E-state index in [0.717, 1.165) is 60.8 Å². The van der Waals surface area contributed by atoms with Gasteiger partial charge in [0.25, 0.3) is 0 Å². The number of hydrogen-bond acceptors (Lipinski definition) is 3. The van der Waals surface area contributed by atoms with Crippen molar-refractivity contribution in [1.82, 2.24) is 9.97 Å². The van der Waals surface area contributed by atoms with Crippen LogP contribution in [0.4, 0.5) is 0 Å². The molecule has 9 rings (SSSR count). The van der Waals surface area contributed by atoms with Gasteiger partial charge in [-0.2, -0.15) is 0 Å². The van der Waals surface area contributed by atoms with Gasteiger partial charge >= 0.3 is 0 Å². The van der Waals surface area contributed by atoms with Crippen LogP contribution in [0.3, 0.4) is 0 Å². The lowest BCUT2D eigenvalue weighted by Crippen LogP contribution is -1.96. The summed E-state index contributed by atoms with van der Waals surface area (Å²) in [6, 6.07) is 55.0. The Morgan fingerprint density at radius 2 is 1.04 bits per heavy atom. The van der Waals surface area contributed by atoms with Crippen molar-refractivity contribution < 1.29 is 4.42 Å². The number of rotatable bonds is 4. The zero-order valence-electron chi connectivity index (χ0n) is 24.3. The van der Waals surface area contributed by atoms with Crippen molar-refractivity contribution in [2.45, 2.75) is 0 Å². The molecule has 2 heterocycles. The number of benzene rings is 7. The first-order valence-corrected chi connectivity index (χ1v) is 15.2. The highest BCUT2D eigenvalue weighted by Crippen LogP contribution is 2.39. The Balaban J connectivity index is 1.21. The van der Waals surface area contributed by atoms with Crippen LogP contribution in [-0.2, 0) is 0 Å². The Bertz CT molecular complexity index is 2530. The van der Waals surface area contributed by atoms with Crippen molar-refractivity contribution in [1.29, 1.82) is 0 Å². The molecule has 0 amide bonds. The molecule has 0 aliphatic carbocycles. The molecule has 0 bridgehead atoms. The maximum Gasteiger partial charge on any atom is 0.161 e. The van der Waals surface area contributed by atoms with Gasteiger partial charge in [-0.15, -0.1) is 0 Å². The highest BCUT2D eigenvalue weighted by atomic mass is 16.3. The van der Waals surface area contributed by atoms with Gasteiger partial charge in [-0.3, -0.25) is 0 Å². The molecule has 0 saturated heterocycles. The molecular weight excluding hydrogens is 548 g/mol. The first-order valence-electron chi connectivity index (χ1n) is 15.2. The van der Waals surface area contributed by atoms with Crippen LogP contribution in [-0.4, -0.2) is 9.97 Å². The molecule has 9 aromatic rings. The summed E-state index contributed by atoms with van der Waals surface area (Å²) >= 11 is 0. The molecule has 2 aromatic heterocycles. The van der Waals surface area contributed by atoms with Gasteiger partial charge in [-0.1, -0.05) is 133 Å². The van der Waals surface area contributed by atoms with E-state index in [2.05, 4.69) is 127 Å². The van der Waals surface area contributed by atoms with Gasteiger partial charge in [0.2, 0.25) is 0 Å². The van der Waals surface area contributed by atoms with Crippen molar-refractivity contribution in [2.24, 2.45) is 0 Å². The number of fused-ring (bicyclic) bond motifs is 6. The van der Waals surface area contributed by atoms with E-state index in [4.69, 9.17) is 14.4 Å². The molecule has 45 heavy (non-hydrogen) atoms. The quantitative estimate of drug-likeness (QED) is 0.210. The fraction of sp³-hybridized carbons (Fsp3) is 0. The predicted octanol–water partition coefficient (Wildman–Crippen LogP) is 11.4. The van der Waals surface area contributed by atoms with Crippen LogP contribution in [0.5, 0.6) is 0 Å². The normalized spacial score (nSPS) is 11.6. The largest absolute Gasteiger partial charge is 0.455 e. The van der Waals surface area contributed by atoms with Crippen LogP contribution in [0.1, 0.15) is 0 Å². The molecule has 0 aliphatic heterocycles. The van der Waals surface area contributed by atoms with E-state index in [1.54, 1.807) is 0 Å². The van der Waals surface area contributed by atoms with E-state index in [9.17, 15) is 0 Å². The summed E-state index contributed by atoms with van der Waals surface area (Å²) in [4.78, 5) is 10.3. The Hall–Kier alpha value is -6.06. The zero-order valence-corrected chi connectivity index (χ0v) is 24.3. The van der Waals surface area contributed by atoms with Gasteiger partial charge in [-0.25, -0.2) is 9.97 Å². The fourth-order valence-electron chi connectivity index (χ4n) is 6.41. The van der Waals surface area contributed by atoms with Crippen molar-refractivity contribution >= 4 is 43.5 Å². The Morgan fingerprint density at radius 1 is 0.400 bits per heavy atom. The Morgan fingerprint density at radius 3 is 1.87 bits per heavy atom. The Labute approximate surface area is 260 Å².